The van der Waals surface area contributed by atoms with E-state index in [9.17, 15) is 13.5 Å². The number of phenolic OH excluding ortho intramolecular Hbond substituents is 1. The van der Waals surface area contributed by atoms with Crippen molar-refractivity contribution in [3.63, 3.8) is 0 Å². The minimum Gasteiger partial charge on any atom is -0.506 e. The summed E-state index contributed by atoms with van der Waals surface area (Å²) < 4.78 is 24.2. The summed E-state index contributed by atoms with van der Waals surface area (Å²) >= 11 is 11.7. The zero-order valence-corrected chi connectivity index (χ0v) is 14.4. The molecule has 120 valence electrons. The lowest BCUT2D eigenvalue weighted by molar-refractivity contribution is 0.418. The summed E-state index contributed by atoms with van der Waals surface area (Å²) in [5, 5.41) is 13.6. The second-order valence-electron chi connectivity index (χ2n) is 4.68. The lowest BCUT2D eigenvalue weighted by Crippen LogP contribution is -2.32. The molecule has 0 saturated heterocycles. The monoisotopic (exact) mass is 354 g/mol. The Balaban J connectivity index is 2.42. The molecule has 0 heterocycles. The minimum absolute atomic E-state index is 0.0138. The number of phenols is 1. The fourth-order valence-corrected chi connectivity index (χ4v) is 3.38. The van der Waals surface area contributed by atoms with Gasteiger partial charge in [0.2, 0.25) is 10.0 Å². The second kappa shape index (κ2) is 8.19. The number of sulfonamides is 1. The van der Waals surface area contributed by atoms with Crippen LogP contribution in [0.25, 0.3) is 0 Å². The molecule has 0 aliphatic carbocycles. The molecule has 0 aliphatic heterocycles. The predicted molar refractivity (Wildman–Crippen MR) is 86.5 cm³/mol. The molecule has 1 aromatic carbocycles. The fraction of sp³-hybridized carbons (Fsp3) is 0.538. The van der Waals surface area contributed by atoms with Crippen molar-refractivity contribution in [3.05, 3.63) is 27.7 Å². The SMILES string of the molecule is CCN(CCCNCc1cc(Cl)cc(Cl)c1O)S(C)(=O)=O. The molecule has 0 spiro atoms. The van der Waals surface area contributed by atoms with Crippen molar-refractivity contribution < 1.29 is 13.5 Å². The number of nitrogens with zero attached hydrogens (tertiary/aromatic N) is 1. The summed E-state index contributed by atoms with van der Waals surface area (Å²) in [7, 11) is -3.14. The first kappa shape index (κ1) is 18.5. The summed E-state index contributed by atoms with van der Waals surface area (Å²) in [6, 6.07) is 3.12. The van der Waals surface area contributed by atoms with E-state index >= 15 is 0 Å². The molecule has 1 aromatic rings. The highest BCUT2D eigenvalue weighted by Crippen LogP contribution is 2.30. The number of aromatic hydroxyl groups is 1. The summed E-state index contributed by atoms with van der Waals surface area (Å²) in [6.45, 7) is 3.77. The van der Waals surface area contributed by atoms with Gasteiger partial charge in [-0.25, -0.2) is 12.7 Å². The van der Waals surface area contributed by atoms with Crippen molar-refractivity contribution in [2.24, 2.45) is 0 Å². The largest absolute Gasteiger partial charge is 0.506 e. The molecule has 8 heteroatoms. The van der Waals surface area contributed by atoms with Gasteiger partial charge in [0.15, 0.2) is 0 Å². The number of rotatable bonds is 8. The van der Waals surface area contributed by atoms with E-state index in [1.165, 1.54) is 16.6 Å². The quantitative estimate of drug-likeness (QED) is 0.703. The zero-order valence-electron chi connectivity index (χ0n) is 12.1. The molecular formula is C13H20Cl2N2O3S. The van der Waals surface area contributed by atoms with Crippen LogP contribution in [0, 0.1) is 0 Å². The van der Waals surface area contributed by atoms with Crippen LogP contribution in [0.4, 0.5) is 0 Å². The Hall–Kier alpha value is -0.530. The van der Waals surface area contributed by atoms with Crippen LogP contribution in [0.1, 0.15) is 18.9 Å². The number of nitrogens with one attached hydrogen (secondary N) is 1. The normalized spacial score (nSPS) is 12.0. The molecule has 5 nitrogen and oxygen atoms in total. The first-order chi connectivity index (χ1) is 9.75. The molecular weight excluding hydrogens is 335 g/mol. The molecule has 0 fully saturated rings. The number of benzene rings is 1. The van der Waals surface area contributed by atoms with Gasteiger partial charge >= 0.3 is 0 Å². The topological polar surface area (TPSA) is 69.6 Å². The maximum Gasteiger partial charge on any atom is 0.211 e. The van der Waals surface area contributed by atoms with Gasteiger partial charge in [-0.05, 0) is 25.1 Å². The lowest BCUT2D eigenvalue weighted by Gasteiger charge is -2.17. The number of hydrogen-bond acceptors (Lipinski definition) is 4. The van der Waals surface area contributed by atoms with Gasteiger partial charge in [0, 0.05) is 30.2 Å². The van der Waals surface area contributed by atoms with E-state index in [0.717, 1.165) is 0 Å². The summed E-state index contributed by atoms with van der Waals surface area (Å²) in [6.07, 6.45) is 1.88. The number of halogens is 2. The Kier molecular flexibility index (Phi) is 7.23. The molecule has 0 aliphatic rings. The molecule has 0 unspecified atom stereocenters. The van der Waals surface area contributed by atoms with Crippen LogP contribution in [-0.2, 0) is 16.6 Å². The van der Waals surface area contributed by atoms with Crippen LogP contribution >= 0.6 is 23.2 Å². The van der Waals surface area contributed by atoms with Crippen LogP contribution in [0.5, 0.6) is 5.75 Å². The van der Waals surface area contributed by atoms with Crippen LogP contribution < -0.4 is 5.32 Å². The summed E-state index contributed by atoms with van der Waals surface area (Å²) in [5.41, 5.74) is 0.614. The van der Waals surface area contributed by atoms with Gasteiger partial charge in [-0.15, -0.1) is 0 Å². The lowest BCUT2D eigenvalue weighted by atomic mass is 10.2. The second-order valence-corrected chi connectivity index (χ2v) is 7.51. The summed E-state index contributed by atoms with van der Waals surface area (Å²) in [5.74, 6) is 0.0138. The molecule has 0 aromatic heterocycles. The first-order valence-corrected chi connectivity index (χ1v) is 9.18. The van der Waals surface area contributed by atoms with E-state index in [4.69, 9.17) is 23.2 Å². The van der Waals surface area contributed by atoms with E-state index < -0.39 is 10.0 Å². The Labute approximate surface area is 135 Å². The van der Waals surface area contributed by atoms with Crippen LogP contribution in [0.15, 0.2) is 12.1 Å². The minimum atomic E-state index is -3.14. The van der Waals surface area contributed by atoms with E-state index in [0.29, 0.717) is 43.2 Å². The van der Waals surface area contributed by atoms with E-state index in [2.05, 4.69) is 5.32 Å². The molecule has 21 heavy (non-hydrogen) atoms. The van der Waals surface area contributed by atoms with Crippen molar-refractivity contribution in [1.29, 1.82) is 0 Å². The number of hydrogen-bond donors (Lipinski definition) is 2. The van der Waals surface area contributed by atoms with Crippen molar-refractivity contribution in [3.8, 4) is 5.75 Å². The third kappa shape index (κ3) is 6.00. The average molecular weight is 355 g/mol. The van der Waals surface area contributed by atoms with E-state index in [1.807, 2.05) is 0 Å². The molecule has 0 amide bonds. The Morgan fingerprint density at radius 3 is 2.57 bits per heavy atom. The average Bonchev–Trinajstić information content (AvgIpc) is 2.37. The van der Waals surface area contributed by atoms with Crippen LogP contribution in [0.2, 0.25) is 10.0 Å². The molecule has 0 atom stereocenters. The summed E-state index contributed by atoms with van der Waals surface area (Å²) in [4.78, 5) is 0. The molecule has 0 saturated carbocycles. The molecule has 1 rings (SSSR count). The van der Waals surface area contributed by atoms with E-state index in [-0.39, 0.29) is 10.8 Å². The Bertz CT molecular complexity index is 579. The third-order valence-corrected chi connectivity index (χ3v) is 4.89. The van der Waals surface area contributed by atoms with Crippen LogP contribution in [-0.4, -0.2) is 43.7 Å². The van der Waals surface area contributed by atoms with Gasteiger partial charge in [-0.2, -0.15) is 0 Å². The van der Waals surface area contributed by atoms with Crippen molar-refractivity contribution >= 4 is 33.2 Å². The van der Waals surface area contributed by atoms with Crippen LogP contribution in [0.3, 0.4) is 0 Å². The molecule has 0 bridgehead atoms. The van der Waals surface area contributed by atoms with Crippen molar-refractivity contribution in [1.82, 2.24) is 9.62 Å². The van der Waals surface area contributed by atoms with E-state index in [1.54, 1.807) is 13.0 Å². The zero-order chi connectivity index (χ0) is 16.0. The standard InChI is InChI=1S/C13H20Cl2N2O3S/c1-3-17(21(2,19)20)6-4-5-16-9-10-7-11(14)8-12(15)13(10)18/h7-8,16,18H,3-6,9H2,1-2H3. The van der Waals surface area contributed by atoms with Gasteiger partial charge in [0.1, 0.15) is 5.75 Å². The third-order valence-electron chi connectivity index (χ3n) is 3.01. The predicted octanol–water partition coefficient (Wildman–Crippen LogP) is 2.46. The highest BCUT2D eigenvalue weighted by Gasteiger charge is 2.13. The Morgan fingerprint density at radius 2 is 2.00 bits per heavy atom. The van der Waals surface area contributed by atoms with Crippen molar-refractivity contribution in [2.45, 2.75) is 19.9 Å². The van der Waals surface area contributed by atoms with Gasteiger partial charge in [0.05, 0.1) is 11.3 Å². The molecule has 2 N–H and O–H groups in total. The fourth-order valence-electron chi connectivity index (χ4n) is 1.92. The smallest absolute Gasteiger partial charge is 0.211 e. The van der Waals surface area contributed by atoms with Gasteiger partial charge in [-0.1, -0.05) is 30.1 Å². The van der Waals surface area contributed by atoms with Crippen molar-refractivity contribution in [2.75, 3.05) is 25.9 Å². The highest BCUT2D eigenvalue weighted by molar-refractivity contribution is 7.88. The first-order valence-electron chi connectivity index (χ1n) is 6.58. The molecule has 0 radical (unpaired) electrons. The maximum absolute atomic E-state index is 11.4. The van der Waals surface area contributed by atoms with Gasteiger partial charge in [0.25, 0.3) is 0 Å². The Morgan fingerprint density at radius 1 is 1.33 bits per heavy atom. The van der Waals surface area contributed by atoms with Gasteiger partial charge in [-0.3, -0.25) is 0 Å². The highest BCUT2D eigenvalue weighted by atomic mass is 35.5. The van der Waals surface area contributed by atoms with Gasteiger partial charge < -0.3 is 10.4 Å². The maximum atomic E-state index is 11.4.